The number of thiazole rings is 1. The fourth-order valence-electron chi connectivity index (χ4n) is 1.79. The Morgan fingerprint density at radius 1 is 1.36 bits per heavy atom. The number of nitrogens with zero attached hydrogens (tertiary/aromatic N) is 1. The highest BCUT2D eigenvalue weighted by Crippen LogP contribution is 2.18. The van der Waals surface area contributed by atoms with Crippen LogP contribution in [0.25, 0.3) is 0 Å². The Morgan fingerprint density at radius 3 is 2.73 bits per heavy atom. The van der Waals surface area contributed by atoms with Gasteiger partial charge in [0.15, 0.2) is 0 Å². The fraction of sp³-hybridized carbons (Fsp3) is 0.333. The molecule has 2 aromatic rings. The maximum atomic E-state index is 12.3. The summed E-state index contributed by atoms with van der Waals surface area (Å²) in [4.78, 5) is 16.4. The summed E-state index contributed by atoms with van der Waals surface area (Å²) in [5, 5.41) is 5.15. The zero-order chi connectivity index (χ0) is 15.9. The molecule has 22 heavy (non-hydrogen) atoms. The number of hydrogen-bond donors (Lipinski definition) is 1. The van der Waals surface area contributed by atoms with Crippen LogP contribution in [0, 0.1) is 0 Å². The van der Waals surface area contributed by atoms with Crippen LogP contribution in [0.4, 0.5) is 0 Å². The number of likely N-dealkylation sites (N-methyl/N-ethyl adjacent to an activating group) is 1. The lowest BCUT2D eigenvalue weighted by molar-refractivity contribution is -0.119. The van der Waals surface area contributed by atoms with E-state index in [2.05, 4.69) is 10.3 Å². The average molecular weight is 338 g/mol. The molecule has 118 valence electrons. The smallest absolute Gasteiger partial charge is 0.226 e. The van der Waals surface area contributed by atoms with E-state index in [0.717, 1.165) is 21.3 Å². The van der Waals surface area contributed by atoms with Crippen molar-refractivity contribution in [2.75, 3.05) is 13.7 Å². The molecular weight excluding hydrogens is 320 g/mol. The van der Waals surface area contributed by atoms with Crippen LogP contribution in [-0.4, -0.2) is 28.8 Å². The van der Waals surface area contributed by atoms with Gasteiger partial charge < -0.3 is 10.1 Å². The molecule has 0 radical (unpaired) electrons. The van der Waals surface area contributed by atoms with Gasteiger partial charge in [0, 0.05) is 17.3 Å². The van der Waals surface area contributed by atoms with Gasteiger partial charge in [-0.05, 0) is 31.2 Å². The predicted molar refractivity (Wildman–Crippen MR) is 87.6 cm³/mol. The Bertz CT molecular complexity index is 653. The molecular formula is C15H18N2O3S2. The Labute approximate surface area is 136 Å². The van der Waals surface area contributed by atoms with Crippen molar-refractivity contribution < 1.29 is 13.7 Å². The molecule has 0 unspecified atom stereocenters. The van der Waals surface area contributed by atoms with Gasteiger partial charge in [0.1, 0.15) is 10.8 Å². The van der Waals surface area contributed by atoms with Gasteiger partial charge in [-0.1, -0.05) is 0 Å². The second-order valence-electron chi connectivity index (χ2n) is 4.48. The van der Waals surface area contributed by atoms with Gasteiger partial charge in [-0.3, -0.25) is 9.00 Å². The number of carbonyl (C=O) groups excluding carboxylic acids is 1. The average Bonchev–Trinajstić information content (AvgIpc) is 2.95. The lowest BCUT2D eigenvalue weighted by Crippen LogP contribution is -2.19. The molecule has 1 amide bonds. The van der Waals surface area contributed by atoms with E-state index in [4.69, 9.17) is 4.74 Å². The summed E-state index contributed by atoms with van der Waals surface area (Å²) in [6, 6.07) is 7.24. The predicted octanol–water partition coefficient (Wildman–Crippen LogP) is 2.14. The SMILES string of the molecule is CCOc1ccc([S@@](=O)Cc2csc(CC(=O)NC)n2)cc1. The molecule has 1 atom stereocenters. The molecule has 1 aromatic carbocycles. The van der Waals surface area contributed by atoms with Crippen LogP contribution in [0.2, 0.25) is 0 Å². The van der Waals surface area contributed by atoms with E-state index in [-0.39, 0.29) is 12.3 Å². The van der Waals surface area contributed by atoms with Crippen molar-refractivity contribution in [1.29, 1.82) is 0 Å². The summed E-state index contributed by atoms with van der Waals surface area (Å²) < 4.78 is 17.7. The topological polar surface area (TPSA) is 68.3 Å². The number of benzene rings is 1. The van der Waals surface area contributed by atoms with E-state index in [0.29, 0.717) is 12.4 Å². The van der Waals surface area contributed by atoms with Gasteiger partial charge in [0.25, 0.3) is 0 Å². The third-order valence-electron chi connectivity index (χ3n) is 2.87. The van der Waals surface area contributed by atoms with E-state index < -0.39 is 10.8 Å². The lowest BCUT2D eigenvalue weighted by atomic mass is 10.3. The summed E-state index contributed by atoms with van der Waals surface area (Å²) >= 11 is 1.41. The highest BCUT2D eigenvalue weighted by atomic mass is 32.2. The first-order valence-electron chi connectivity index (χ1n) is 6.87. The first-order chi connectivity index (χ1) is 10.6. The molecule has 1 heterocycles. The molecule has 0 fully saturated rings. The van der Waals surface area contributed by atoms with E-state index in [1.54, 1.807) is 19.2 Å². The van der Waals surface area contributed by atoms with E-state index in [1.807, 2.05) is 24.4 Å². The Balaban J connectivity index is 1.98. The Kier molecular flexibility index (Phi) is 6.09. The normalized spacial score (nSPS) is 11.9. The molecule has 7 heteroatoms. The maximum absolute atomic E-state index is 12.3. The van der Waals surface area contributed by atoms with Crippen molar-refractivity contribution in [3.05, 3.63) is 40.3 Å². The van der Waals surface area contributed by atoms with Gasteiger partial charge in [0.2, 0.25) is 5.91 Å². The van der Waals surface area contributed by atoms with Gasteiger partial charge in [-0.2, -0.15) is 0 Å². The lowest BCUT2D eigenvalue weighted by Gasteiger charge is -2.04. The minimum atomic E-state index is -1.16. The van der Waals surface area contributed by atoms with Gasteiger partial charge >= 0.3 is 0 Å². The first kappa shape index (κ1) is 16.6. The van der Waals surface area contributed by atoms with Crippen molar-refractivity contribution >= 4 is 28.0 Å². The molecule has 0 aliphatic rings. The third-order valence-corrected chi connectivity index (χ3v) is 5.12. The minimum Gasteiger partial charge on any atom is -0.494 e. The van der Waals surface area contributed by atoms with Crippen molar-refractivity contribution in [2.24, 2.45) is 0 Å². The Hall–Kier alpha value is -1.73. The molecule has 2 rings (SSSR count). The number of aromatic nitrogens is 1. The maximum Gasteiger partial charge on any atom is 0.226 e. The second-order valence-corrected chi connectivity index (χ2v) is 6.87. The molecule has 1 aromatic heterocycles. The van der Waals surface area contributed by atoms with Crippen LogP contribution in [-0.2, 0) is 27.8 Å². The van der Waals surface area contributed by atoms with Crippen LogP contribution in [0.1, 0.15) is 17.6 Å². The van der Waals surface area contributed by atoms with Crippen molar-refractivity contribution in [3.8, 4) is 5.75 Å². The van der Waals surface area contributed by atoms with Crippen LogP contribution in [0.5, 0.6) is 5.75 Å². The van der Waals surface area contributed by atoms with Gasteiger partial charge in [-0.25, -0.2) is 4.98 Å². The number of rotatable bonds is 7. The van der Waals surface area contributed by atoms with Gasteiger partial charge in [-0.15, -0.1) is 11.3 Å². The van der Waals surface area contributed by atoms with E-state index >= 15 is 0 Å². The van der Waals surface area contributed by atoms with Crippen LogP contribution in [0.15, 0.2) is 34.5 Å². The molecule has 0 bridgehead atoms. The standard InChI is InChI=1S/C15H18N2O3S2/c1-3-20-12-4-6-13(7-5-12)22(19)10-11-9-21-15(17-11)8-14(18)16-2/h4-7,9H,3,8,10H2,1-2H3,(H,16,18)/t22-/m0/s1. The van der Waals surface area contributed by atoms with E-state index in [1.165, 1.54) is 11.3 Å². The summed E-state index contributed by atoms with van der Waals surface area (Å²) in [6.45, 7) is 2.53. The summed E-state index contributed by atoms with van der Waals surface area (Å²) in [5.74, 6) is 1.04. The summed E-state index contributed by atoms with van der Waals surface area (Å²) in [5.41, 5.74) is 0.746. The van der Waals surface area contributed by atoms with Crippen molar-refractivity contribution in [3.63, 3.8) is 0 Å². The monoisotopic (exact) mass is 338 g/mol. The molecule has 0 saturated carbocycles. The zero-order valence-corrected chi connectivity index (χ0v) is 14.1. The number of nitrogens with one attached hydrogen (secondary N) is 1. The number of amides is 1. The molecule has 1 N–H and O–H groups in total. The number of ether oxygens (including phenoxy) is 1. The number of carbonyl (C=O) groups is 1. The quantitative estimate of drug-likeness (QED) is 0.840. The third kappa shape index (κ3) is 4.64. The molecule has 5 nitrogen and oxygen atoms in total. The second kappa shape index (κ2) is 8.05. The zero-order valence-electron chi connectivity index (χ0n) is 12.5. The van der Waals surface area contributed by atoms with Crippen LogP contribution >= 0.6 is 11.3 Å². The summed E-state index contributed by atoms with van der Waals surface area (Å²) in [7, 11) is 0.435. The van der Waals surface area contributed by atoms with Crippen molar-refractivity contribution in [2.45, 2.75) is 24.0 Å². The highest BCUT2D eigenvalue weighted by Gasteiger charge is 2.10. The largest absolute Gasteiger partial charge is 0.494 e. The van der Waals surface area contributed by atoms with Crippen LogP contribution < -0.4 is 10.1 Å². The fourth-order valence-corrected chi connectivity index (χ4v) is 3.71. The Morgan fingerprint density at radius 2 is 2.09 bits per heavy atom. The van der Waals surface area contributed by atoms with Gasteiger partial charge in [0.05, 0.1) is 35.3 Å². The van der Waals surface area contributed by atoms with E-state index in [9.17, 15) is 9.00 Å². The first-order valence-corrected chi connectivity index (χ1v) is 9.07. The van der Waals surface area contributed by atoms with Crippen LogP contribution in [0.3, 0.4) is 0 Å². The molecule has 0 aliphatic heterocycles. The summed E-state index contributed by atoms with van der Waals surface area (Å²) in [6.07, 6.45) is 0.261. The van der Waals surface area contributed by atoms with Crippen molar-refractivity contribution in [1.82, 2.24) is 10.3 Å². The highest BCUT2D eigenvalue weighted by molar-refractivity contribution is 7.84. The minimum absolute atomic E-state index is 0.0754. The molecule has 0 saturated heterocycles. The molecule has 0 aliphatic carbocycles. The molecule has 0 spiro atoms. The number of hydrogen-bond acceptors (Lipinski definition) is 5.